The van der Waals surface area contributed by atoms with E-state index in [0.717, 1.165) is 43.3 Å². The van der Waals surface area contributed by atoms with Crippen LogP contribution in [0.15, 0.2) is 24.9 Å². The van der Waals surface area contributed by atoms with Crippen molar-refractivity contribution in [1.82, 2.24) is 19.9 Å². The van der Waals surface area contributed by atoms with E-state index in [9.17, 15) is 4.79 Å². The lowest BCUT2D eigenvalue weighted by Gasteiger charge is -2.35. The predicted molar refractivity (Wildman–Crippen MR) is 104 cm³/mol. The number of hydrogen-bond acceptors (Lipinski definition) is 9. The van der Waals surface area contributed by atoms with Crippen molar-refractivity contribution >= 4 is 34.1 Å². The number of nitrogens with one attached hydrogen (secondary N) is 1. The van der Waals surface area contributed by atoms with Crippen molar-refractivity contribution in [1.29, 1.82) is 0 Å². The summed E-state index contributed by atoms with van der Waals surface area (Å²) in [5.41, 5.74) is 0. The number of hydrogen-bond donors (Lipinski definition) is 3. The molecule has 0 aromatic carbocycles. The van der Waals surface area contributed by atoms with E-state index in [4.69, 9.17) is 10.2 Å². The summed E-state index contributed by atoms with van der Waals surface area (Å²) in [7, 11) is 0. The fourth-order valence-electron chi connectivity index (χ4n) is 2.81. The zero-order valence-corrected chi connectivity index (χ0v) is 15.7. The zero-order valence-electron chi connectivity index (χ0n) is 14.8. The molecular formula is C17H22N6O3S. The van der Waals surface area contributed by atoms with Gasteiger partial charge in [-0.15, -0.1) is 6.58 Å². The second-order valence-corrected chi connectivity index (χ2v) is 7.06. The van der Waals surface area contributed by atoms with Crippen molar-refractivity contribution in [3.05, 3.63) is 35.6 Å². The molecule has 0 saturated carbocycles. The molecule has 0 bridgehead atoms. The van der Waals surface area contributed by atoms with Crippen LogP contribution in [0.1, 0.15) is 15.5 Å². The van der Waals surface area contributed by atoms with Gasteiger partial charge in [-0.2, -0.15) is 0 Å². The van der Waals surface area contributed by atoms with E-state index >= 15 is 0 Å². The van der Waals surface area contributed by atoms with Crippen molar-refractivity contribution < 1.29 is 15.0 Å². The largest absolute Gasteiger partial charge is 0.477 e. The van der Waals surface area contributed by atoms with Gasteiger partial charge in [-0.25, -0.2) is 19.7 Å². The quantitative estimate of drug-likeness (QED) is 0.572. The molecule has 0 atom stereocenters. The first-order valence-electron chi connectivity index (χ1n) is 8.62. The third-order valence-electron chi connectivity index (χ3n) is 4.15. The number of carbonyl (C=O) groups is 1. The lowest BCUT2D eigenvalue weighted by molar-refractivity contribution is 0.0702. The summed E-state index contributed by atoms with van der Waals surface area (Å²) in [6.07, 6.45) is 3.60. The van der Waals surface area contributed by atoms with Gasteiger partial charge in [-0.1, -0.05) is 17.4 Å². The smallest absolute Gasteiger partial charge is 0.347 e. The molecule has 3 rings (SSSR count). The Kier molecular flexibility index (Phi) is 6.32. The minimum absolute atomic E-state index is 0.164. The molecule has 0 aliphatic carbocycles. The van der Waals surface area contributed by atoms with Crippen LogP contribution < -0.4 is 10.2 Å². The summed E-state index contributed by atoms with van der Waals surface area (Å²) in [4.78, 5) is 28.7. The highest BCUT2D eigenvalue weighted by Crippen LogP contribution is 2.24. The van der Waals surface area contributed by atoms with E-state index < -0.39 is 5.97 Å². The number of β-amino-alcohol motifs (C(OH)–C–C–N with tert-alkyl or cyclic N) is 1. The number of aromatic carboxylic acids is 1. The average Bonchev–Trinajstić information content (AvgIpc) is 3.11. The molecule has 144 valence electrons. The fourth-order valence-corrected chi connectivity index (χ4v) is 3.47. The molecule has 1 saturated heterocycles. The first kappa shape index (κ1) is 19.2. The Morgan fingerprint density at radius 3 is 2.74 bits per heavy atom. The Balaban J connectivity index is 1.78. The number of aliphatic hydroxyl groups excluding tert-OH is 1. The Morgan fingerprint density at radius 1 is 1.33 bits per heavy atom. The molecule has 9 nitrogen and oxygen atoms in total. The van der Waals surface area contributed by atoms with Gasteiger partial charge in [0.2, 0.25) is 0 Å². The van der Waals surface area contributed by atoms with Crippen LogP contribution in [0.25, 0.3) is 0 Å². The maximum atomic E-state index is 11.0. The molecule has 3 heterocycles. The van der Waals surface area contributed by atoms with Crippen LogP contribution in [0.5, 0.6) is 0 Å². The van der Waals surface area contributed by atoms with Crippen LogP contribution in [0.4, 0.5) is 16.8 Å². The van der Waals surface area contributed by atoms with Gasteiger partial charge in [0, 0.05) is 45.2 Å². The number of anilines is 3. The van der Waals surface area contributed by atoms with Crippen LogP contribution in [0.3, 0.4) is 0 Å². The second-order valence-electron chi connectivity index (χ2n) is 6.03. The number of aromatic nitrogens is 3. The average molecular weight is 390 g/mol. The molecule has 1 aliphatic heterocycles. The number of carboxylic acids is 1. The molecule has 3 N–H and O–H groups in total. The number of piperazine rings is 1. The summed E-state index contributed by atoms with van der Waals surface area (Å²) in [5, 5.41) is 21.6. The molecule has 0 unspecified atom stereocenters. The van der Waals surface area contributed by atoms with Gasteiger partial charge in [-0.05, 0) is 0 Å². The van der Waals surface area contributed by atoms with Crippen molar-refractivity contribution in [3.8, 4) is 0 Å². The topological polar surface area (TPSA) is 115 Å². The van der Waals surface area contributed by atoms with Gasteiger partial charge in [0.15, 0.2) is 5.13 Å². The van der Waals surface area contributed by atoms with Crippen LogP contribution in [0.2, 0.25) is 0 Å². The molecule has 2 aromatic heterocycles. The molecule has 0 radical (unpaired) electrons. The highest BCUT2D eigenvalue weighted by atomic mass is 32.1. The van der Waals surface area contributed by atoms with E-state index in [2.05, 4.69) is 36.6 Å². The second kappa shape index (κ2) is 8.89. The Morgan fingerprint density at radius 2 is 2.11 bits per heavy atom. The van der Waals surface area contributed by atoms with Gasteiger partial charge >= 0.3 is 5.97 Å². The normalized spacial score (nSPS) is 14.9. The fraction of sp³-hybridized carbons (Fsp3) is 0.412. The standard InChI is InChI=1S/C17H22N6O3S/c1-2-3-13-19-14(21-17-18-11-12(27-17)16(25)26)10-15(20-13)23-6-4-22(5-7-23)8-9-24/h2,10-11,24H,1,3-9H2,(H,25,26)(H,18,19,20,21). The maximum absolute atomic E-state index is 11.0. The summed E-state index contributed by atoms with van der Waals surface area (Å²) >= 11 is 1.06. The third kappa shape index (κ3) is 5.00. The number of nitrogens with zero attached hydrogens (tertiary/aromatic N) is 5. The Hall–Kier alpha value is -2.56. The summed E-state index contributed by atoms with van der Waals surface area (Å²) in [6.45, 7) is 7.93. The van der Waals surface area contributed by atoms with Gasteiger partial charge in [0.25, 0.3) is 0 Å². The predicted octanol–water partition coefficient (Wildman–Crippen LogP) is 1.22. The molecule has 1 aliphatic rings. The lowest BCUT2D eigenvalue weighted by Crippen LogP contribution is -2.47. The maximum Gasteiger partial charge on any atom is 0.347 e. The molecule has 1 fully saturated rings. The van der Waals surface area contributed by atoms with Crippen molar-refractivity contribution in [2.45, 2.75) is 6.42 Å². The van der Waals surface area contributed by atoms with Crippen molar-refractivity contribution in [3.63, 3.8) is 0 Å². The highest BCUT2D eigenvalue weighted by Gasteiger charge is 2.19. The minimum atomic E-state index is -1.00. The van der Waals surface area contributed by atoms with Crippen molar-refractivity contribution in [2.24, 2.45) is 0 Å². The SMILES string of the molecule is C=CCc1nc(Nc2ncc(C(=O)O)s2)cc(N2CCN(CCO)CC2)n1. The number of carboxylic acid groups (broad SMARTS) is 1. The van der Waals surface area contributed by atoms with Crippen LogP contribution in [-0.4, -0.2) is 75.4 Å². The van der Waals surface area contributed by atoms with Gasteiger partial charge in [0.1, 0.15) is 22.3 Å². The van der Waals surface area contributed by atoms with Crippen molar-refractivity contribution in [2.75, 3.05) is 49.5 Å². The Labute approximate surface area is 161 Å². The summed E-state index contributed by atoms with van der Waals surface area (Å²) in [6, 6.07) is 1.84. The third-order valence-corrected chi connectivity index (χ3v) is 5.05. The van der Waals surface area contributed by atoms with Crippen LogP contribution in [-0.2, 0) is 6.42 Å². The molecule has 27 heavy (non-hydrogen) atoms. The van der Waals surface area contributed by atoms with E-state index in [1.807, 2.05) is 6.07 Å². The monoisotopic (exact) mass is 390 g/mol. The number of rotatable bonds is 8. The minimum Gasteiger partial charge on any atom is -0.477 e. The van der Waals surface area contributed by atoms with E-state index in [0.29, 0.717) is 29.7 Å². The lowest BCUT2D eigenvalue weighted by atomic mass is 10.3. The zero-order chi connectivity index (χ0) is 19.2. The first-order valence-corrected chi connectivity index (χ1v) is 9.44. The molecule has 0 amide bonds. The van der Waals surface area contributed by atoms with Crippen LogP contribution in [0, 0.1) is 0 Å². The highest BCUT2D eigenvalue weighted by molar-refractivity contribution is 7.17. The van der Waals surface area contributed by atoms with Crippen LogP contribution >= 0.6 is 11.3 Å². The van der Waals surface area contributed by atoms with E-state index in [1.165, 1.54) is 6.20 Å². The Bertz CT molecular complexity index is 804. The molecule has 10 heteroatoms. The van der Waals surface area contributed by atoms with E-state index in [-0.39, 0.29) is 11.5 Å². The van der Waals surface area contributed by atoms with Gasteiger partial charge in [0.05, 0.1) is 12.8 Å². The summed E-state index contributed by atoms with van der Waals surface area (Å²) in [5.74, 6) is 1.01. The molecule has 0 spiro atoms. The number of allylic oxidation sites excluding steroid dienone is 1. The van der Waals surface area contributed by atoms with E-state index in [1.54, 1.807) is 6.08 Å². The number of aliphatic hydroxyl groups is 1. The number of thiazole rings is 1. The molecule has 2 aromatic rings. The van der Waals surface area contributed by atoms with Gasteiger partial charge < -0.3 is 20.4 Å². The first-order chi connectivity index (χ1) is 13.1. The molecular weight excluding hydrogens is 368 g/mol. The van der Waals surface area contributed by atoms with Gasteiger partial charge in [-0.3, -0.25) is 4.90 Å². The summed E-state index contributed by atoms with van der Waals surface area (Å²) < 4.78 is 0.